The third-order valence-electron chi connectivity index (χ3n) is 2.66. The van der Waals surface area contributed by atoms with E-state index >= 15 is 0 Å². The minimum atomic E-state index is -0.0789. The summed E-state index contributed by atoms with van der Waals surface area (Å²) in [6.45, 7) is 4.61. The number of nitrogens with two attached hydrogens (primary N) is 1. The molecule has 0 radical (unpaired) electrons. The molecule has 3 N–H and O–H groups in total. The van der Waals surface area contributed by atoms with E-state index in [2.05, 4.69) is 15.2 Å². The Bertz CT molecular complexity index is 400. The van der Waals surface area contributed by atoms with Crippen molar-refractivity contribution in [2.75, 3.05) is 38.2 Å². The SMILES string of the molecule is Cl.Cl.NCCC(=O)Nc1nc(CN2CCOCC2)cs1. The van der Waals surface area contributed by atoms with E-state index in [0.717, 1.165) is 38.5 Å². The minimum Gasteiger partial charge on any atom is -0.379 e. The number of nitrogens with one attached hydrogen (secondary N) is 1. The molecule has 1 fully saturated rings. The van der Waals surface area contributed by atoms with Crippen LogP contribution in [0.15, 0.2) is 5.38 Å². The molecule has 2 rings (SSSR count). The Morgan fingerprint density at radius 3 is 2.80 bits per heavy atom. The van der Waals surface area contributed by atoms with E-state index in [0.29, 0.717) is 18.1 Å². The quantitative estimate of drug-likeness (QED) is 0.837. The molecule has 0 spiro atoms. The largest absolute Gasteiger partial charge is 0.379 e. The summed E-state index contributed by atoms with van der Waals surface area (Å²) in [6.07, 6.45) is 0.332. The Balaban J connectivity index is 0.00000180. The number of carbonyl (C=O) groups is 1. The van der Waals surface area contributed by atoms with E-state index in [1.807, 2.05) is 5.38 Å². The minimum absolute atomic E-state index is 0. The van der Waals surface area contributed by atoms with Crippen molar-refractivity contribution in [1.29, 1.82) is 0 Å². The average Bonchev–Trinajstić information content (AvgIpc) is 2.78. The van der Waals surface area contributed by atoms with Crippen LogP contribution in [-0.2, 0) is 16.1 Å². The number of aromatic nitrogens is 1. The van der Waals surface area contributed by atoms with Gasteiger partial charge in [0.15, 0.2) is 5.13 Å². The van der Waals surface area contributed by atoms with Gasteiger partial charge >= 0.3 is 0 Å². The van der Waals surface area contributed by atoms with E-state index in [1.54, 1.807) is 0 Å². The molecule has 1 aromatic heterocycles. The Hall–Kier alpha value is -0.440. The summed E-state index contributed by atoms with van der Waals surface area (Å²) in [4.78, 5) is 18.0. The summed E-state index contributed by atoms with van der Waals surface area (Å²) in [6, 6.07) is 0. The zero-order chi connectivity index (χ0) is 12.8. The first kappa shape index (κ1) is 19.6. The van der Waals surface area contributed by atoms with E-state index in [4.69, 9.17) is 10.5 Å². The number of ether oxygens (including phenoxy) is 1. The van der Waals surface area contributed by atoms with Crippen LogP contribution in [0.25, 0.3) is 0 Å². The van der Waals surface area contributed by atoms with Crippen molar-refractivity contribution < 1.29 is 9.53 Å². The number of thiazole rings is 1. The summed E-state index contributed by atoms with van der Waals surface area (Å²) in [7, 11) is 0. The second-order valence-electron chi connectivity index (χ2n) is 4.12. The molecule has 0 unspecified atom stereocenters. The van der Waals surface area contributed by atoms with Gasteiger partial charge in [0.1, 0.15) is 0 Å². The molecular formula is C11H20Cl2N4O2S. The molecule has 0 atom stereocenters. The van der Waals surface area contributed by atoms with Crippen LogP contribution in [0.4, 0.5) is 5.13 Å². The van der Waals surface area contributed by atoms with Crippen LogP contribution in [0.2, 0.25) is 0 Å². The van der Waals surface area contributed by atoms with Crippen LogP contribution in [0.1, 0.15) is 12.1 Å². The fourth-order valence-electron chi connectivity index (χ4n) is 1.74. The lowest BCUT2D eigenvalue weighted by atomic mass is 10.3. The van der Waals surface area contributed by atoms with Crippen LogP contribution < -0.4 is 11.1 Å². The molecule has 1 aliphatic heterocycles. The van der Waals surface area contributed by atoms with Crippen LogP contribution in [0.5, 0.6) is 0 Å². The molecule has 20 heavy (non-hydrogen) atoms. The van der Waals surface area contributed by atoms with Gasteiger partial charge in [0.05, 0.1) is 18.9 Å². The highest BCUT2D eigenvalue weighted by Gasteiger charge is 2.13. The highest BCUT2D eigenvalue weighted by Crippen LogP contribution is 2.17. The predicted molar refractivity (Wildman–Crippen MR) is 85.0 cm³/mol. The molecule has 1 aliphatic rings. The Morgan fingerprint density at radius 2 is 2.15 bits per heavy atom. The first-order chi connectivity index (χ1) is 8.78. The molecule has 116 valence electrons. The number of rotatable bonds is 5. The molecule has 6 nitrogen and oxygen atoms in total. The van der Waals surface area contributed by atoms with Gasteiger partial charge in [0.2, 0.25) is 5.91 Å². The van der Waals surface area contributed by atoms with Crippen molar-refractivity contribution in [1.82, 2.24) is 9.88 Å². The average molecular weight is 343 g/mol. The number of carbonyl (C=O) groups excluding carboxylic acids is 1. The molecule has 9 heteroatoms. The van der Waals surface area contributed by atoms with Gasteiger partial charge in [-0.05, 0) is 0 Å². The maximum absolute atomic E-state index is 11.4. The summed E-state index contributed by atoms with van der Waals surface area (Å²) in [5.74, 6) is -0.0789. The van der Waals surface area contributed by atoms with Crippen LogP contribution in [0.3, 0.4) is 0 Å². The van der Waals surface area contributed by atoms with E-state index in [1.165, 1.54) is 11.3 Å². The normalized spacial score (nSPS) is 15.1. The second kappa shape index (κ2) is 10.3. The van der Waals surface area contributed by atoms with E-state index in [-0.39, 0.29) is 30.7 Å². The van der Waals surface area contributed by atoms with Gasteiger partial charge in [0, 0.05) is 38.0 Å². The van der Waals surface area contributed by atoms with Crippen molar-refractivity contribution >= 4 is 47.2 Å². The van der Waals surface area contributed by atoms with E-state index < -0.39 is 0 Å². The lowest BCUT2D eigenvalue weighted by Crippen LogP contribution is -2.35. The molecule has 0 bridgehead atoms. The van der Waals surface area contributed by atoms with Gasteiger partial charge in [-0.15, -0.1) is 36.2 Å². The highest BCUT2D eigenvalue weighted by atomic mass is 35.5. The highest BCUT2D eigenvalue weighted by molar-refractivity contribution is 7.13. The zero-order valence-electron chi connectivity index (χ0n) is 11.0. The molecule has 1 amide bonds. The number of hydrogen-bond donors (Lipinski definition) is 2. The standard InChI is InChI=1S/C11H18N4O2S.2ClH/c12-2-1-10(16)14-11-13-9(8-18-11)7-15-3-5-17-6-4-15;;/h8H,1-7,12H2,(H,13,14,16);2*1H. The van der Waals surface area contributed by atoms with Gasteiger partial charge in [-0.3, -0.25) is 9.69 Å². The number of hydrogen-bond acceptors (Lipinski definition) is 6. The van der Waals surface area contributed by atoms with Crippen molar-refractivity contribution in [3.8, 4) is 0 Å². The second-order valence-corrected chi connectivity index (χ2v) is 4.98. The monoisotopic (exact) mass is 342 g/mol. The fourth-order valence-corrected chi connectivity index (χ4v) is 2.46. The molecule has 0 aliphatic carbocycles. The smallest absolute Gasteiger partial charge is 0.227 e. The molecule has 0 aromatic carbocycles. The molecule has 0 saturated carbocycles. The number of amides is 1. The Morgan fingerprint density at radius 1 is 1.45 bits per heavy atom. The first-order valence-corrected chi connectivity index (χ1v) is 6.90. The summed E-state index contributed by atoms with van der Waals surface area (Å²) < 4.78 is 5.29. The zero-order valence-corrected chi connectivity index (χ0v) is 13.5. The van der Waals surface area contributed by atoms with Gasteiger partial charge in [-0.2, -0.15) is 0 Å². The lowest BCUT2D eigenvalue weighted by molar-refractivity contribution is -0.116. The summed E-state index contributed by atoms with van der Waals surface area (Å²) in [5, 5.41) is 5.38. The van der Waals surface area contributed by atoms with Crippen LogP contribution in [0, 0.1) is 0 Å². The van der Waals surface area contributed by atoms with E-state index in [9.17, 15) is 4.79 Å². The van der Waals surface area contributed by atoms with Crippen molar-refractivity contribution in [2.24, 2.45) is 5.73 Å². The lowest BCUT2D eigenvalue weighted by Gasteiger charge is -2.25. The van der Waals surface area contributed by atoms with Crippen LogP contribution in [-0.4, -0.2) is 48.6 Å². The van der Waals surface area contributed by atoms with Gasteiger partial charge in [-0.1, -0.05) is 0 Å². The fraction of sp³-hybridized carbons (Fsp3) is 0.636. The third-order valence-corrected chi connectivity index (χ3v) is 3.47. The van der Waals surface area contributed by atoms with Crippen LogP contribution >= 0.6 is 36.2 Å². The summed E-state index contributed by atoms with van der Waals surface area (Å²) >= 11 is 1.45. The number of nitrogens with zero attached hydrogens (tertiary/aromatic N) is 2. The van der Waals surface area contributed by atoms with Crippen molar-refractivity contribution in [2.45, 2.75) is 13.0 Å². The van der Waals surface area contributed by atoms with Crippen molar-refractivity contribution in [3.05, 3.63) is 11.1 Å². The van der Waals surface area contributed by atoms with Gasteiger partial charge in [-0.25, -0.2) is 4.98 Å². The Labute approximate surface area is 134 Å². The predicted octanol–water partition coefficient (Wildman–Crippen LogP) is 1.11. The number of halogens is 2. The molecule has 2 heterocycles. The Kier molecular flexibility index (Phi) is 10.1. The number of anilines is 1. The van der Waals surface area contributed by atoms with Crippen molar-refractivity contribution in [3.63, 3.8) is 0 Å². The molecular weight excluding hydrogens is 323 g/mol. The summed E-state index contributed by atoms with van der Waals surface area (Å²) in [5.41, 5.74) is 6.31. The van der Waals surface area contributed by atoms with Gasteiger partial charge in [0.25, 0.3) is 0 Å². The first-order valence-electron chi connectivity index (χ1n) is 6.02. The maximum atomic E-state index is 11.4. The van der Waals surface area contributed by atoms with Gasteiger partial charge < -0.3 is 15.8 Å². The molecule has 1 saturated heterocycles. The molecule has 1 aromatic rings. The maximum Gasteiger partial charge on any atom is 0.227 e. The topological polar surface area (TPSA) is 80.5 Å². The number of morpholine rings is 1. The third kappa shape index (κ3) is 6.34.